The Kier molecular flexibility index (Phi) is 8.29. The number of amides is 3. The molecular formula is C20H21Cl2N3O3. The molecule has 0 aliphatic carbocycles. The van der Waals surface area contributed by atoms with Crippen molar-refractivity contribution in [2.45, 2.75) is 25.7 Å². The van der Waals surface area contributed by atoms with E-state index in [0.29, 0.717) is 34.1 Å². The number of halogens is 2. The molecule has 0 saturated carbocycles. The van der Waals surface area contributed by atoms with Gasteiger partial charge in [-0.25, -0.2) is 0 Å². The van der Waals surface area contributed by atoms with E-state index in [1.54, 1.807) is 36.4 Å². The third kappa shape index (κ3) is 6.87. The summed E-state index contributed by atoms with van der Waals surface area (Å²) in [6, 6.07) is 12.1. The topological polar surface area (TPSA) is 101 Å². The molecule has 4 N–H and O–H groups in total. The van der Waals surface area contributed by atoms with E-state index in [1.165, 1.54) is 0 Å². The summed E-state index contributed by atoms with van der Waals surface area (Å²) >= 11 is 11.9. The van der Waals surface area contributed by atoms with Crippen LogP contribution in [-0.2, 0) is 16.0 Å². The Labute approximate surface area is 173 Å². The van der Waals surface area contributed by atoms with Crippen molar-refractivity contribution in [2.75, 3.05) is 11.9 Å². The first-order valence-electron chi connectivity index (χ1n) is 8.76. The van der Waals surface area contributed by atoms with Gasteiger partial charge in [0.25, 0.3) is 5.91 Å². The van der Waals surface area contributed by atoms with E-state index in [4.69, 9.17) is 28.9 Å². The molecule has 2 aromatic carbocycles. The van der Waals surface area contributed by atoms with Gasteiger partial charge < -0.3 is 16.4 Å². The Morgan fingerprint density at radius 2 is 1.71 bits per heavy atom. The van der Waals surface area contributed by atoms with Crippen LogP contribution < -0.4 is 16.4 Å². The molecule has 0 spiro atoms. The van der Waals surface area contributed by atoms with E-state index in [-0.39, 0.29) is 31.2 Å². The Morgan fingerprint density at radius 1 is 0.964 bits per heavy atom. The fraction of sp³-hybridized carbons (Fsp3) is 0.250. The lowest BCUT2D eigenvalue weighted by Crippen LogP contribution is -2.28. The van der Waals surface area contributed by atoms with Crippen molar-refractivity contribution in [2.24, 2.45) is 5.73 Å². The molecule has 0 saturated heterocycles. The lowest BCUT2D eigenvalue weighted by atomic mass is 10.1. The predicted molar refractivity (Wildman–Crippen MR) is 111 cm³/mol. The summed E-state index contributed by atoms with van der Waals surface area (Å²) in [5.41, 5.74) is 6.79. The summed E-state index contributed by atoms with van der Waals surface area (Å²) < 4.78 is 0. The summed E-state index contributed by atoms with van der Waals surface area (Å²) in [5, 5.41) is 6.34. The maximum absolute atomic E-state index is 12.3. The predicted octanol–water partition coefficient (Wildman–Crippen LogP) is 3.56. The van der Waals surface area contributed by atoms with Crippen molar-refractivity contribution >= 4 is 46.6 Å². The van der Waals surface area contributed by atoms with Crippen LogP contribution in [0.3, 0.4) is 0 Å². The zero-order valence-corrected chi connectivity index (χ0v) is 16.6. The number of nitrogens with one attached hydrogen (secondary N) is 2. The van der Waals surface area contributed by atoms with Crippen molar-refractivity contribution in [1.29, 1.82) is 0 Å². The lowest BCUT2D eigenvalue weighted by Gasteiger charge is -2.11. The fourth-order valence-corrected chi connectivity index (χ4v) is 2.87. The lowest BCUT2D eigenvalue weighted by molar-refractivity contribution is -0.118. The summed E-state index contributed by atoms with van der Waals surface area (Å²) in [6.07, 6.45) is 1.64. The highest BCUT2D eigenvalue weighted by atomic mass is 35.5. The molecule has 6 nitrogen and oxygen atoms in total. The number of para-hydroxylation sites is 1. The molecule has 0 bridgehead atoms. The van der Waals surface area contributed by atoms with Gasteiger partial charge in [-0.2, -0.15) is 0 Å². The Bertz CT molecular complexity index is 872. The number of carbonyl (C=O) groups excluding carboxylic acids is 3. The SMILES string of the molecule is NC(=O)CCNC(=O)c1ccccc1NC(=O)CCCc1ccc(Cl)c(Cl)c1. The minimum Gasteiger partial charge on any atom is -0.370 e. The number of nitrogens with two attached hydrogens (primary N) is 1. The van der Waals surface area contributed by atoms with Gasteiger partial charge in [-0.1, -0.05) is 41.4 Å². The van der Waals surface area contributed by atoms with Gasteiger partial charge in [-0.05, 0) is 42.7 Å². The number of hydrogen-bond acceptors (Lipinski definition) is 3. The van der Waals surface area contributed by atoms with Gasteiger partial charge in [0.15, 0.2) is 0 Å². The van der Waals surface area contributed by atoms with Crippen LogP contribution >= 0.6 is 23.2 Å². The van der Waals surface area contributed by atoms with E-state index in [9.17, 15) is 14.4 Å². The van der Waals surface area contributed by atoms with Crippen LogP contribution in [0.5, 0.6) is 0 Å². The molecule has 0 unspecified atom stereocenters. The average molecular weight is 422 g/mol. The molecular weight excluding hydrogens is 401 g/mol. The Balaban J connectivity index is 1.88. The van der Waals surface area contributed by atoms with Crippen molar-refractivity contribution in [1.82, 2.24) is 5.32 Å². The highest BCUT2D eigenvalue weighted by Crippen LogP contribution is 2.23. The van der Waals surface area contributed by atoms with Crippen LogP contribution in [0.4, 0.5) is 5.69 Å². The highest BCUT2D eigenvalue weighted by molar-refractivity contribution is 6.42. The molecule has 148 valence electrons. The van der Waals surface area contributed by atoms with Gasteiger partial charge >= 0.3 is 0 Å². The molecule has 0 atom stereocenters. The van der Waals surface area contributed by atoms with Crippen LogP contribution in [0, 0.1) is 0 Å². The second kappa shape index (κ2) is 10.7. The molecule has 0 fully saturated rings. The Hall–Kier alpha value is -2.57. The molecule has 0 radical (unpaired) electrons. The number of rotatable bonds is 9. The second-order valence-corrected chi connectivity index (χ2v) is 6.98. The van der Waals surface area contributed by atoms with Gasteiger partial charge in [-0.15, -0.1) is 0 Å². The zero-order valence-electron chi connectivity index (χ0n) is 15.1. The third-order valence-corrected chi connectivity index (χ3v) is 4.70. The molecule has 0 aromatic heterocycles. The summed E-state index contributed by atoms with van der Waals surface area (Å²) in [7, 11) is 0. The van der Waals surface area contributed by atoms with Crippen molar-refractivity contribution in [3.8, 4) is 0 Å². The van der Waals surface area contributed by atoms with E-state index < -0.39 is 5.91 Å². The van der Waals surface area contributed by atoms with Crippen LogP contribution in [0.2, 0.25) is 10.0 Å². The van der Waals surface area contributed by atoms with Crippen LogP contribution in [0.25, 0.3) is 0 Å². The molecule has 2 rings (SSSR count). The minimum atomic E-state index is -0.496. The van der Waals surface area contributed by atoms with Crippen LogP contribution in [-0.4, -0.2) is 24.3 Å². The standard InChI is InChI=1S/C20H21Cl2N3O3/c21-15-9-8-13(12-16(15)22)4-3-7-19(27)25-17-6-2-1-5-14(17)20(28)24-11-10-18(23)26/h1-2,5-6,8-9,12H,3-4,7,10-11H2,(H2,23,26)(H,24,28)(H,25,27). The largest absolute Gasteiger partial charge is 0.370 e. The molecule has 0 aliphatic rings. The zero-order chi connectivity index (χ0) is 20.5. The molecule has 2 aromatic rings. The molecule has 0 heterocycles. The minimum absolute atomic E-state index is 0.0506. The Morgan fingerprint density at radius 3 is 2.43 bits per heavy atom. The highest BCUT2D eigenvalue weighted by Gasteiger charge is 2.13. The van der Waals surface area contributed by atoms with Gasteiger partial charge in [0.1, 0.15) is 0 Å². The first-order valence-corrected chi connectivity index (χ1v) is 9.51. The smallest absolute Gasteiger partial charge is 0.253 e. The number of aryl methyl sites for hydroxylation is 1. The maximum atomic E-state index is 12.3. The van der Waals surface area contributed by atoms with Crippen LogP contribution in [0.1, 0.15) is 35.2 Å². The molecule has 8 heteroatoms. The van der Waals surface area contributed by atoms with E-state index in [0.717, 1.165) is 5.56 Å². The number of anilines is 1. The van der Waals surface area contributed by atoms with Gasteiger partial charge in [-0.3, -0.25) is 14.4 Å². The monoisotopic (exact) mass is 421 g/mol. The molecule has 28 heavy (non-hydrogen) atoms. The van der Waals surface area contributed by atoms with Gasteiger partial charge in [0, 0.05) is 19.4 Å². The summed E-state index contributed by atoms with van der Waals surface area (Å²) in [5.74, 6) is -1.07. The average Bonchev–Trinajstić information content (AvgIpc) is 2.64. The molecule has 3 amide bonds. The van der Waals surface area contributed by atoms with Crippen molar-refractivity contribution in [3.05, 3.63) is 63.6 Å². The normalized spacial score (nSPS) is 10.4. The van der Waals surface area contributed by atoms with E-state index in [2.05, 4.69) is 10.6 Å². The number of carbonyl (C=O) groups is 3. The number of primary amides is 1. The van der Waals surface area contributed by atoms with Gasteiger partial charge in [0.2, 0.25) is 11.8 Å². The van der Waals surface area contributed by atoms with E-state index >= 15 is 0 Å². The summed E-state index contributed by atoms with van der Waals surface area (Å²) in [6.45, 7) is 0.139. The third-order valence-electron chi connectivity index (χ3n) is 3.96. The van der Waals surface area contributed by atoms with Crippen molar-refractivity contribution in [3.63, 3.8) is 0 Å². The quantitative estimate of drug-likeness (QED) is 0.576. The van der Waals surface area contributed by atoms with Crippen LogP contribution in [0.15, 0.2) is 42.5 Å². The number of hydrogen-bond donors (Lipinski definition) is 3. The van der Waals surface area contributed by atoms with Crippen molar-refractivity contribution < 1.29 is 14.4 Å². The summed E-state index contributed by atoms with van der Waals surface area (Å²) in [4.78, 5) is 35.3. The fourth-order valence-electron chi connectivity index (χ4n) is 2.55. The van der Waals surface area contributed by atoms with Gasteiger partial charge in [0.05, 0.1) is 21.3 Å². The second-order valence-electron chi connectivity index (χ2n) is 6.17. The maximum Gasteiger partial charge on any atom is 0.253 e. The molecule has 0 aliphatic heterocycles. The van der Waals surface area contributed by atoms with E-state index in [1.807, 2.05) is 6.07 Å². The first kappa shape index (κ1) is 21.7. The first-order chi connectivity index (χ1) is 13.4. The number of benzene rings is 2.